The van der Waals surface area contributed by atoms with Gasteiger partial charge in [0.25, 0.3) is 0 Å². The van der Waals surface area contributed by atoms with Gasteiger partial charge in [0.15, 0.2) is 0 Å². The van der Waals surface area contributed by atoms with Crippen LogP contribution in [0, 0.1) is 0 Å². The Morgan fingerprint density at radius 3 is 0.882 bits per heavy atom. The van der Waals surface area contributed by atoms with Crippen LogP contribution in [0.1, 0.15) is 255 Å². The summed E-state index contributed by atoms with van der Waals surface area (Å²) >= 11 is 0. The molecule has 19 nitrogen and oxygen atoms in total. The van der Waals surface area contributed by atoms with Gasteiger partial charge in [-0.15, -0.1) is 0 Å². The summed E-state index contributed by atoms with van der Waals surface area (Å²) in [4.78, 5) is 59.6. The minimum atomic E-state index is -1.11. The van der Waals surface area contributed by atoms with Gasteiger partial charge in [-0.1, -0.05) is 218 Å². The first-order chi connectivity index (χ1) is 48.5. The van der Waals surface area contributed by atoms with Crippen molar-refractivity contribution in [2.24, 2.45) is 0 Å². The first-order valence-corrected chi connectivity index (χ1v) is 38.6. The molecule has 0 bridgehead atoms. The van der Waals surface area contributed by atoms with Crippen LogP contribution in [0.15, 0.2) is 72.8 Å². The fourth-order valence-corrected chi connectivity index (χ4v) is 11.5. The van der Waals surface area contributed by atoms with Crippen molar-refractivity contribution in [3.8, 4) is 0 Å². The molecule has 5 amide bonds. The van der Waals surface area contributed by atoms with Gasteiger partial charge in [-0.3, -0.25) is 24.0 Å². The number of unbranched alkanes of at least 4 members (excludes halogenated alkanes) is 15. The van der Waals surface area contributed by atoms with E-state index < -0.39 is 22.5 Å². The minimum Gasteiger partial charge on any atom is -1.00 e. The number of aliphatic hydroxyl groups excluding tert-OH is 5. The molecule has 0 saturated heterocycles. The van der Waals surface area contributed by atoms with Crippen LogP contribution in [0.4, 0.5) is 0 Å². The molecule has 3 aromatic rings. The Labute approximate surface area is 637 Å². The first kappa shape index (κ1) is 99.7. The Bertz CT molecular complexity index is 2490. The predicted octanol–water partition coefficient (Wildman–Crippen LogP) is 5.82. The maximum absolute atomic E-state index is 12.4. The average molecular weight is 1570 g/mol. The quantitative estimate of drug-likeness (QED) is 0.0298. The van der Waals surface area contributed by atoms with Crippen molar-refractivity contribution in [3.63, 3.8) is 0 Å². The second-order valence-electron chi connectivity index (χ2n) is 27.0. The van der Waals surface area contributed by atoms with E-state index in [2.05, 4.69) is 120 Å². The van der Waals surface area contributed by atoms with Gasteiger partial charge in [-0.25, -0.2) is 0 Å². The van der Waals surface area contributed by atoms with Crippen molar-refractivity contribution in [3.05, 3.63) is 106 Å². The zero-order valence-electron chi connectivity index (χ0n) is 64.0. The van der Waals surface area contributed by atoms with Crippen molar-refractivity contribution in [1.29, 1.82) is 0 Å². The molecule has 0 aliphatic rings. The molecule has 0 aliphatic heterocycles. The molecule has 0 fully saturated rings. The Balaban J connectivity index is 0. The van der Waals surface area contributed by atoms with E-state index in [1.165, 1.54) is 143 Å². The zero-order valence-corrected chi connectivity index (χ0v) is 67.2. The largest absolute Gasteiger partial charge is 1.00 e. The SMILES string of the molecule is CCCCCCCCc1ccc(CCC(CC)(CO)NC(=O)COCCNC(=O)CCC)cc1.CCCCCCCCc1ccc(CCC(CC)(CO)NC(=O)COCCO)cc1.CCCCCCCCc1ccc(CCC(CO)(CO)NC(=O)COCCOCCNC(=O)CCC)cc1.[Br-].[Br-]. The highest BCUT2D eigenvalue weighted by Gasteiger charge is 2.32. The van der Waals surface area contributed by atoms with Gasteiger partial charge in [0, 0.05) is 25.9 Å². The molecular formula is C81H139Br2N5O14-2. The van der Waals surface area contributed by atoms with E-state index in [1.54, 1.807) is 0 Å². The monoisotopic (exact) mass is 1560 g/mol. The lowest BCUT2D eigenvalue weighted by molar-refractivity contribution is -0.130. The van der Waals surface area contributed by atoms with Crippen molar-refractivity contribution in [2.75, 3.05) is 99.0 Å². The summed E-state index contributed by atoms with van der Waals surface area (Å²) in [5.74, 6) is -0.898. The second-order valence-corrected chi connectivity index (χ2v) is 27.0. The summed E-state index contributed by atoms with van der Waals surface area (Å²) in [7, 11) is 0. The van der Waals surface area contributed by atoms with Crippen molar-refractivity contribution in [1.82, 2.24) is 26.6 Å². The molecule has 0 aliphatic carbocycles. The van der Waals surface area contributed by atoms with Crippen LogP contribution in [0.5, 0.6) is 0 Å². The highest BCUT2D eigenvalue weighted by molar-refractivity contribution is 5.79. The fraction of sp³-hybridized carbons (Fsp3) is 0.716. The normalized spacial score (nSPS) is 12.2. The van der Waals surface area contributed by atoms with Crippen molar-refractivity contribution < 1.29 is 102 Å². The third-order valence-corrected chi connectivity index (χ3v) is 18.4. The number of hydrogen-bond donors (Lipinski definition) is 10. The standard InChI is InChI=1S/C29H50N2O6.C28H48N2O4.C24H41NO4.2BrH/c1-3-5-6-7-8-9-11-25-12-14-26(15-13-25)16-17-29(23-32,24-33)31-28(35)22-37-21-20-36-19-18-30-27(34)10-4-2;1-4-7-8-9-10-11-13-24-14-16-25(17-15-24)18-19-28(6-3,23-31)30-27(33)22-34-21-20-29-26(32)12-5-2;1-3-5-6-7-8-9-10-21-11-13-22(14-12-21)15-16-24(4-2,20-27)25-23(28)19-29-18-17-26;;/h12-15,32-33H,3-11,16-24H2,1-2H3,(H,30,34)(H,31,35);14-17,31H,4-13,18-23H2,1-3H3,(H,29,32)(H,30,33);11-14,26-27H,3-10,15-20H2,1-2H3,(H,25,28);2*1H/p-2. The number of rotatable bonds is 60. The lowest BCUT2D eigenvalue weighted by Crippen LogP contribution is -3.00. The number of ether oxygens (including phenoxy) is 4. The van der Waals surface area contributed by atoms with Crippen molar-refractivity contribution >= 4 is 29.5 Å². The van der Waals surface area contributed by atoms with Gasteiger partial charge in [0.1, 0.15) is 19.8 Å². The zero-order chi connectivity index (χ0) is 73.6. The van der Waals surface area contributed by atoms with Gasteiger partial charge in [-0.2, -0.15) is 0 Å². The van der Waals surface area contributed by atoms with Crippen LogP contribution in [-0.4, -0.2) is 171 Å². The molecule has 0 saturated carbocycles. The number of aliphatic hydroxyl groups is 5. The van der Waals surface area contributed by atoms with E-state index in [0.29, 0.717) is 77.7 Å². The Hall–Kier alpha value is -4.39. The molecule has 102 heavy (non-hydrogen) atoms. The highest BCUT2D eigenvalue weighted by atomic mass is 79.9. The molecule has 0 spiro atoms. The molecule has 588 valence electrons. The smallest absolute Gasteiger partial charge is 0.246 e. The number of halogens is 2. The van der Waals surface area contributed by atoms with Crippen LogP contribution < -0.4 is 60.5 Å². The number of carbonyl (C=O) groups is 5. The Morgan fingerprint density at radius 1 is 0.314 bits per heavy atom. The van der Waals surface area contributed by atoms with E-state index >= 15 is 0 Å². The summed E-state index contributed by atoms with van der Waals surface area (Å²) < 4.78 is 21.2. The number of amides is 5. The van der Waals surface area contributed by atoms with Crippen molar-refractivity contribution in [2.45, 2.75) is 277 Å². The number of nitrogens with one attached hydrogen (secondary N) is 5. The topological polar surface area (TPSA) is 284 Å². The summed E-state index contributed by atoms with van der Waals surface area (Å²) in [6.45, 7) is 15.3. The van der Waals surface area contributed by atoms with Crippen LogP contribution in [0.2, 0.25) is 0 Å². The third kappa shape index (κ3) is 50.2. The van der Waals surface area contributed by atoms with Gasteiger partial charge >= 0.3 is 0 Å². The lowest BCUT2D eigenvalue weighted by Gasteiger charge is -2.32. The molecule has 0 heterocycles. The Morgan fingerprint density at radius 2 is 0.578 bits per heavy atom. The van der Waals surface area contributed by atoms with Gasteiger partial charge in [0.05, 0.1) is 82.7 Å². The van der Waals surface area contributed by atoms with E-state index in [4.69, 9.17) is 24.1 Å². The first-order valence-electron chi connectivity index (χ1n) is 38.6. The third-order valence-electron chi connectivity index (χ3n) is 18.4. The molecule has 0 radical (unpaired) electrons. The van der Waals surface area contributed by atoms with Gasteiger partial charge < -0.3 is 105 Å². The van der Waals surface area contributed by atoms with Crippen LogP contribution in [-0.2, 0) is 81.4 Å². The minimum absolute atomic E-state index is 0. The molecule has 2 atom stereocenters. The van der Waals surface area contributed by atoms with Crippen LogP contribution in [0.3, 0.4) is 0 Å². The molecule has 0 aromatic heterocycles. The number of hydrogen-bond acceptors (Lipinski definition) is 14. The summed E-state index contributed by atoms with van der Waals surface area (Å²) in [5.41, 5.74) is 5.20. The van der Waals surface area contributed by atoms with Crippen LogP contribution >= 0.6 is 0 Å². The predicted molar refractivity (Wildman–Crippen MR) is 403 cm³/mol. The molecule has 21 heteroatoms. The lowest BCUT2D eigenvalue weighted by atomic mass is 9.89. The van der Waals surface area contributed by atoms with Gasteiger partial charge in [-0.05, 0) is 136 Å². The molecular weight excluding hydrogens is 1430 g/mol. The Kier molecular flexibility index (Phi) is 64.6. The number of carbonyl (C=O) groups excluding carboxylic acids is 5. The number of aryl methyl sites for hydroxylation is 6. The summed E-state index contributed by atoms with van der Waals surface area (Å²) in [5, 5.41) is 62.7. The van der Waals surface area contributed by atoms with E-state index in [-0.39, 0.29) is 130 Å². The molecule has 10 N–H and O–H groups in total. The second kappa shape index (κ2) is 66.1. The molecule has 3 rings (SSSR count). The molecule has 2 unspecified atom stereocenters. The van der Waals surface area contributed by atoms with Crippen LogP contribution in [0.25, 0.3) is 0 Å². The fourth-order valence-electron chi connectivity index (χ4n) is 11.5. The number of benzene rings is 3. The van der Waals surface area contributed by atoms with Gasteiger partial charge in [0.2, 0.25) is 29.5 Å². The van der Waals surface area contributed by atoms with E-state index in [1.807, 2.05) is 27.7 Å². The summed E-state index contributed by atoms with van der Waals surface area (Å²) in [6, 6.07) is 26.0. The maximum atomic E-state index is 12.4. The van der Waals surface area contributed by atoms with E-state index in [0.717, 1.165) is 50.5 Å². The highest BCUT2D eigenvalue weighted by Crippen LogP contribution is 2.23. The van der Waals surface area contributed by atoms with E-state index in [9.17, 15) is 44.4 Å². The molecule has 3 aromatic carbocycles. The maximum Gasteiger partial charge on any atom is 0.246 e. The average Bonchev–Trinajstić information content (AvgIpc) is 0.872. The summed E-state index contributed by atoms with van der Waals surface area (Å²) in [6.07, 6.45) is 34.6.